The molecule has 0 spiro atoms. The van der Waals surface area contributed by atoms with Crippen LogP contribution in [0.3, 0.4) is 0 Å². The molecule has 0 saturated heterocycles. The van der Waals surface area contributed by atoms with Crippen molar-refractivity contribution in [1.82, 2.24) is 4.98 Å². The molecule has 3 N–H and O–H groups in total. The Morgan fingerprint density at radius 1 is 1.39 bits per heavy atom. The minimum atomic E-state index is -0.583. The highest BCUT2D eigenvalue weighted by atomic mass is 35.5. The summed E-state index contributed by atoms with van der Waals surface area (Å²) in [6.07, 6.45) is 6.37. The Labute approximate surface area is 167 Å². The zero-order valence-electron chi connectivity index (χ0n) is 15.3. The molecule has 1 aliphatic rings. The molecule has 1 aromatic heterocycles. The Hall–Kier alpha value is -2.93. The fourth-order valence-corrected chi connectivity index (χ4v) is 2.91. The van der Waals surface area contributed by atoms with Gasteiger partial charge in [-0.15, -0.1) is 0 Å². The Balaban J connectivity index is 1.74. The number of nitrogens with zero attached hydrogens (tertiary/aromatic N) is 2. The minimum Gasteiger partial charge on any atom is -0.431 e. The molecular formula is C20H20ClFN4O2. The Morgan fingerprint density at radius 2 is 2.21 bits per heavy atom. The maximum atomic E-state index is 14.1. The number of aliphatic imine (C=N–C) groups is 1. The molecule has 28 heavy (non-hydrogen) atoms. The van der Waals surface area contributed by atoms with Gasteiger partial charge < -0.3 is 15.8 Å². The van der Waals surface area contributed by atoms with Crippen LogP contribution in [0.2, 0.25) is 5.02 Å². The number of amides is 1. The molecule has 146 valence electrons. The predicted molar refractivity (Wildman–Crippen MR) is 107 cm³/mol. The van der Waals surface area contributed by atoms with Gasteiger partial charge in [0.05, 0.1) is 5.02 Å². The van der Waals surface area contributed by atoms with E-state index in [4.69, 9.17) is 22.1 Å². The first kappa shape index (κ1) is 19.8. The number of benzene rings is 1. The molecule has 1 amide bonds. The Kier molecular flexibility index (Phi) is 6.26. The molecule has 3 rings (SSSR count). The van der Waals surface area contributed by atoms with E-state index in [0.717, 1.165) is 25.0 Å². The quantitative estimate of drug-likeness (QED) is 0.568. The molecule has 0 radical (unpaired) electrons. The van der Waals surface area contributed by atoms with Crippen molar-refractivity contribution >= 4 is 34.9 Å². The van der Waals surface area contributed by atoms with Gasteiger partial charge in [0.15, 0.2) is 0 Å². The summed E-state index contributed by atoms with van der Waals surface area (Å²) < 4.78 is 19.7. The summed E-state index contributed by atoms with van der Waals surface area (Å²) in [5, 5.41) is 3.06. The van der Waals surface area contributed by atoms with Gasteiger partial charge in [-0.25, -0.2) is 9.37 Å². The van der Waals surface area contributed by atoms with Crippen molar-refractivity contribution < 1.29 is 13.9 Å². The molecule has 8 heteroatoms. The van der Waals surface area contributed by atoms with Crippen LogP contribution in [0.15, 0.2) is 53.4 Å². The van der Waals surface area contributed by atoms with Crippen LogP contribution >= 0.6 is 11.6 Å². The number of carbonyl (C=O) groups excluding carboxylic acids is 1. The Bertz CT molecular complexity index is 928. The molecule has 0 fully saturated rings. The number of amidine groups is 1. The monoisotopic (exact) mass is 402 g/mol. The number of hydrogen-bond donors (Lipinski definition) is 2. The van der Waals surface area contributed by atoms with Gasteiger partial charge in [0.1, 0.15) is 23.0 Å². The van der Waals surface area contributed by atoms with Crippen LogP contribution in [0, 0.1) is 11.7 Å². The number of nitrogens with one attached hydrogen (secondary N) is 1. The van der Waals surface area contributed by atoms with Crippen molar-refractivity contribution in [3.63, 3.8) is 0 Å². The van der Waals surface area contributed by atoms with E-state index in [2.05, 4.69) is 15.3 Å². The second-order valence-corrected chi connectivity index (χ2v) is 6.91. The zero-order chi connectivity index (χ0) is 20.1. The van der Waals surface area contributed by atoms with Gasteiger partial charge in [-0.2, -0.15) is 4.99 Å². The number of carbonyl (C=O) groups is 1. The number of rotatable bonds is 4. The second kappa shape index (κ2) is 8.84. The highest BCUT2D eigenvalue weighted by molar-refractivity contribution is 6.30. The maximum absolute atomic E-state index is 14.1. The Morgan fingerprint density at radius 3 is 2.93 bits per heavy atom. The topological polar surface area (TPSA) is 89.6 Å². The molecule has 1 heterocycles. The minimum absolute atomic E-state index is 0.0385. The lowest BCUT2D eigenvalue weighted by molar-refractivity contribution is 0.102. The largest absolute Gasteiger partial charge is 0.431 e. The summed E-state index contributed by atoms with van der Waals surface area (Å²) in [5.41, 5.74) is 6.32. The van der Waals surface area contributed by atoms with E-state index in [9.17, 15) is 9.18 Å². The van der Waals surface area contributed by atoms with E-state index < -0.39 is 11.7 Å². The van der Waals surface area contributed by atoms with Crippen LogP contribution in [0.4, 0.5) is 15.8 Å². The first-order chi connectivity index (χ1) is 13.4. The van der Waals surface area contributed by atoms with Gasteiger partial charge in [0.25, 0.3) is 11.9 Å². The molecule has 0 aliphatic heterocycles. The third-order valence-electron chi connectivity index (χ3n) is 4.29. The first-order valence-corrected chi connectivity index (χ1v) is 9.24. The summed E-state index contributed by atoms with van der Waals surface area (Å²) in [5.74, 6) is -0.0560. The lowest BCUT2D eigenvalue weighted by atomic mass is 9.96. The van der Waals surface area contributed by atoms with Crippen LogP contribution in [0.1, 0.15) is 36.7 Å². The zero-order valence-corrected chi connectivity index (χ0v) is 16.0. The van der Waals surface area contributed by atoms with Gasteiger partial charge >= 0.3 is 0 Å². The van der Waals surface area contributed by atoms with Crippen LogP contribution < -0.4 is 11.1 Å². The number of ether oxygens (including phenoxy) is 1. The molecule has 1 atom stereocenters. The maximum Gasteiger partial charge on any atom is 0.292 e. The fourth-order valence-electron chi connectivity index (χ4n) is 2.80. The molecular weight excluding hydrogens is 383 g/mol. The molecule has 0 bridgehead atoms. The van der Waals surface area contributed by atoms with Crippen LogP contribution in [-0.4, -0.2) is 16.9 Å². The third-order valence-corrected chi connectivity index (χ3v) is 4.51. The summed E-state index contributed by atoms with van der Waals surface area (Å²) in [6, 6.07) is 6.89. The first-order valence-electron chi connectivity index (χ1n) is 8.87. The summed E-state index contributed by atoms with van der Waals surface area (Å²) in [6.45, 7) is 2.04. The standard InChI is InChI=1S/C20H20ClFN4O2/c1-12-4-2-3-5-18(12)28-20(23)26-17-10-14(7-8-15(17)22)25-19(27)16-9-6-13(21)11-24-16/h5-12H,2-4H2,1H3,(H2,23,26)(H,25,27)/t12-/m0/s1. The van der Waals surface area contributed by atoms with Crippen molar-refractivity contribution in [2.24, 2.45) is 16.6 Å². The fraction of sp³-hybridized carbons (Fsp3) is 0.250. The van der Waals surface area contributed by atoms with Crippen molar-refractivity contribution in [2.75, 3.05) is 5.32 Å². The van der Waals surface area contributed by atoms with Gasteiger partial charge in [0, 0.05) is 17.8 Å². The van der Waals surface area contributed by atoms with Gasteiger partial charge in [-0.3, -0.25) is 4.79 Å². The second-order valence-electron chi connectivity index (χ2n) is 6.47. The SMILES string of the molecule is C[C@H]1CCCC=C1O/C(N)=N\c1cc(NC(=O)c2ccc(Cl)cn2)ccc1F. The number of anilines is 1. The summed E-state index contributed by atoms with van der Waals surface area (Å²) in [7, 11) is 0. The third kappa shape index (κ3) is 5.07. The van der Waals surface area contributed by atoms with Crippen LogP contribution in [0.5, 0.6) is 0 Å². The summed E-state index contributed by atoms with van der Waals surface area (Å²) >= 11 is 5.76. The molecule has 0 saturated carbocycles. The lowest BCUT2D eigenvalue weighted by Gasteiger charge is -2.20. The summed E-state index contributed by atoms with van der Waals surface area (Å²) in [4.78, 5) is 20.2. The number of allylic oxidation sites excluding steroid dienone is 2. The van der Waals surface area contributed by atoms with E-state index in [1.54, 1.807) is 6.07 Å². The normalized spacial score (nSPS) is 17.0. The van der Waals surface area contributed by atoms with E-state index in [1.165, 1.54) is 30.5 Å². The van der Waals surface area contributed by atoms with Crippen molar-refractivity contribution in [1.29, 1.82) is 0 Å². The number of nitrogens with two attached hydrogens (primary N) is 1. The molecule has 0 unspecified atom stereocenters. The number of halogens is 2. The van der Waals surface area contributed by atoms with E-state index in [0.29, 0.717) is 10.7 Å². The smallest absolute Gasteiger partial charge is 0.292 e. The molecule has 1 aromatic carbocycles. The average Bonchev–Trinajstić information content (AvgIpc) is 2.67. The van der Waals surface area contributed by atoms with E-state index >= 15 is 0 Å². The highest BCUT2D eigenvalue weighted by Gasteiger charge is 2.16. The van der Waals surface area contributed by atoms with E-state index in [1.807, 2.05) is 13.0 Å². The van der Waals surface area contributed by atoms with Crippen molar-refractivity contribution in [3.8, 4) is 0 Å². The van der Waals surface area contributed by atoms with Gasteiger partial charge in [-0.1, -0.05) is 18.5 Å². The van der Waals surface area contributed by atoms with Crippen LogP contribution in [0.25, 0.3) is 0 Å². The number of hydrogen-bond acceptors (Lipinski definition) is 4. The lowest BCUT2D eigenvalue weighted by Crippen LogP contribution is -2.19. The van der Waals surface area contributed by atoms with Crippen molar-refractivity contribution in [2.45, 2.75) is 26.2 Å². The predicted octanol–water partition coefficient (Wildman–Crippen LogP) is 4.79. The molecule has 6 nitrogen and oxygen atoms in total. The molecule has 1 aliphatic carbocycles. The highest BCUT2D eigenvalue weighted by Crippen LogP contribution is 2.26. The van der Waals surface area contributed by atoms with Gasteiger partial charge in [-0.05, 0) is 55.7 Å². The molecule has 2 aromatic rings. The average molecular weight is 403 g/mol. The van der Waals surface area contributed by atoms with E-state index in [-0.39, 0.29) is 23.3 Å². The van der Waals surface area contributed by atoms with Gasteiger partial charge in [0.2, 0.25) is 0 Å². The number of aromatic nitrogens is 1. The van der Waals surface area contributed by atoms with Crippen molar-refractivity contribution in [3.05, 3.63) is 64.9 Å². The number of pyridine rings is 1. The van der Waals surface area contributed by atoms with Crippen LogP contribution in [-0.2, 0) is 4.74 Å².